The van der Waals surface area contributed by atoms with Gasteiger partial charge in [0.1, 0.15) is 5.82 Å². The van der Waals surface area contributed by atoms with E-state index in [0.717, 1.165) is 17.7 Å². The Balaban J connectivity index is 1.76. The largest absolute Gasteiger partial charge is 0.306 e. The van der Waals surface area contributed by atoms with Gasteiger partial charge in [-0.15, -0.1) is 0 Å². The van der Waals surface area contributed by atoms with Gasteiger partial charge in [-0.3, -0.25) is 4.79 Å². The van der Waals surface area contributed by atoms with Crippen molar-refractivity contribution in [3.05, 3.63) is 101 Å². The second-order valence-corrected chi connectivity index (χ2v) is 6.63. The molecule has 0 aliphatic carbocycles. The zero-order valence-corrected chi connectivity index (χ0v) is 15.7. The van der Waals surface area contributed by atoms with E-state index in [9.17, 15) is 13.6 Å². The van der Waals surface area contributed by atoms with E-state index in [-0.39, 0.29) is 5.56 Å². The van der Waals surface area contributed by atoms with Crippen molar-refractivity contribution < 1.29 is 13.6 Å². The summed E-state index contributed by atoms with van der Waals surface area (Å²) in [5.41, 5.74) is 2.02. The number of para-hydroxylation sites is 1. The van der Waals surface area contributed by atoms with Crippen molar-refractivity contribution in [3.63, 3.8) is 0 Å². The lowest BCUT2D eigenvalue weighted by Crippen LogP contribution is -2.15. The number of aromatic nitrogens is 2. The first-order valence-electron chi connectivity index (χ1n) is 8.70. The number of nitrogens with zero attached hydrogens (tertiary/aromatic N) is 2. The van der Waals surface area contributed by atoms with Crippen molar-refractivity contribution in [3.8, 4) is 16.9 Å². The molecular formula is C22H14ClF2N3O. The minimum atomic E-state index is -1.10. The summed E-state index contributed by atoms with van der Waals surface area (Å²) >= 11 is 6.31. The van der Waals surface area contributed by atoms with Gasteiger partial charge in [-0.05, 0) is 30.3 Å². The number of hydrogen-bond acceptors (Lipinski definition) is 2. The zero-order valence-electron chi connectivity index (χ0n) is 14.9. The number of carbonyl (C=O) groups excluding carboxylic acids is 1. The van der Waals surface area contributed by atoms with Gasteiger partial charge < -0.3 is 5.32 Å². The summed E-state index contributed by atoms with van der Waals surface area (Å²) in [7, 11) is 0. The Hall–Kier alpha value is -3.51. The highest BCUT2D eigenvalue weighted by Gasteiger charge is 2.17. The van der Waals surface area contributed by atoms with Gasteiger partial charge in [-0.2, -0.15) is 5.10 Å². The Bertz CT molecular complexity index is 1190. The Morgan fingerprint density at radius 3 is 2.34 bits per heavy atom. The molecular weight excluding hydrogens is 396 g/mol. The molecule has 0 atom stereocenters. The SMILES string of the molecule is O=C(Nc1cc(-c2ccccc2)nn1-c1ccccc1Cl)c1ccc(F)c(F)c1. The molecule has 4 rings (SSSR count). The fraction of sp³-hybridized carbons (Fsp3) is 0. The monoisotopic (exact) mass is 409 g/mol. The molecule has 1 N–H and O–H groups in total. The number of carbonyl (C=O) groups is 1. The molecule has 0 spiro atoms. The lowest BCUT2D eigenvalue weighted by atomic mass is 10.1. The van der Waals surface area contributed by atoms with Crippen LogP contribution in [0.4, 0.5) is 14.6 Å². The third-order valence-electron chi connectivity index (χ3n) is 4.28. The number of halogens is 3. The molecule has 4 aromatic rings. The van der Waals surface area contributed by atoms with Crippen LogP contribution in [-0.4, -0.2) is 15.7 Å². The molecule has 0 radical (unpaired) electrons. The number of rotatable bonds is 4. The minimum absolute atomic E-state index is 0.0166. The highest BCUT2D eigenvalue weighted by atomic mass is 35.5. The van der Waals surface area contributed by atoms with Gasteiger partial charge in [0.05, 0.1) is 16.4 Å². The highest BCUT2D eigenvalue weighted by molar-refractivity contribution is 6.32. The molecule has 144 valence electrons. The van der Waals surface area contributed by atoms with Crippen molar-refractivity contribution >= 4 is 23.3 Å². The van der Waals surface area contributed by atoms with E-state index in [0.29, 0.717) is 22.2 Å². The van der Waals surface area contributed by atoms with Crippen molar-refractivity contribution in [1.29, 1.82) is 0 Å². The third-order valence-corrected chi connectivity index (χ3v) is 4.60. The first kappa shape index (κ1) is 18.8. The quantitative estimate of drug-likeness (QED) is 0.468. The van der Waals surface area contributed by atoms with Crippen LogP contribution in [0.5, 0.6) is 0 Å². The predicted octanol–water partition coefficient (Wildman–Crippen LogP) is 5.72. The normalized spacial score (nSPS) is 10.7. The summed E-state index contributed by atoms with van der Waals surface area (Å²) < 4.78 is 28.2. The fourth-order valence-electron chi connectivity index (χ4n) is 2.85. The molecule has 0 saturated carbocycles. The summed E-state index contributed by atoms with van der Waals surface area (Å²) in [4.78, 5) is 12.6. The van der Waals surface area contributed by atoms with E-state index in [1.54, 1.807) is 30.3 Å². The summed E-state index contributed by atoms with van der Waals surface area (Å²) in [6.07, 6.45) is 0. The summed E-state index contributed by atoms with van der Waals surface area (Å²) in [5.74, 6) is -2.38. The molecule has 29 heavy (non-hydrogen) atoms. The first-order valence-corrected chi connectivity index (χ1v) is 9.07. The van der Waals surface area contributed by atoms with Crippen LogP contribution in [-0.2, 0) is 0 Å². The maximum Gasteiger partial charge on any atom is 0.256 e. The van der Waals surface area contributed by atoms with Crippen LogP contribution in [0.15, 0.2) is 78.9 Å². The molecule has 0 saturated heterocycles. The van der Waals surface area contributed by atoms with Crippen LogP contribution in [0.1, 0.15) is 10.4 Å². The van der Waals surface area contributed by atoms with Crippen LogP contribution in [0, 0.1) is 11.6 Å². The number of anilines is 1. The molecule has 4 nitrogen and oxygen atoms in total. The molecule has 1 aromatic heterocycles. The first-order chi connectivity index (χ1) is 14.0. The van der Waals surface area contributed by atoms with Crippen LogP contribution in [0.2, 0.25) is 5.02 Å². The van der Waals surface area contributed by atoms with Crippen LogP contribution >= 0.6 is 11.6 Å². The van der Waals surface area contributed by atoms with Crippen molar-refractivity contribution in [2.24, 2.45) is 0 Å². The molecule has 0 fully saturated rings. The van der Waals surface area contributed by atoms with Gasteiger partial charge in [0.2, 0.25) is 0 Å². The highest BCUT2D eigenvalue weighted by Crippen LogP contribution is 2.28. The summed E-state index contributed by atoms with van der Waals surface area (Å²) in [6, 6.07) is 21.1. The minimum Gasteiger partial charge on any atom is -0.306 e. The number of benzene rings is 3. The Morgan fingerprint density at radius 2 is 1.62 bits per heavy atom. The molecule has 0 bridgehead atoms. The second kappa shape index (κ2) is 7.85. The van der Waals surface area contributed by atoms with Gasteiger partial charge in [0.25, 0.3) is 5.91 Å². The Kier molecular flexibility index (Phi) is 5.10. The standard InChI is InChI=1S/C22H14ClF2N3O/c23-16-8-4-5-9-20(16)28-21(13-19(27-28)14-6-2-1-3-7-14)26-22(29)15-10-11-17(24)18(25)12-15/h1-13H,(H,26,29). The molecule has 0 unspecified atom stereocenters. The van der Waals surface area contributed by atoms with Crippen LogP contribution in [0.3, 0.4) is 0 Å². The summed E-state index contributed by atoms with van der Waals surface area (Å²) in [6.45, 7) is 0. The average Bonchev–Trinajstić information content (AvgIpc) is 3.14. The molecule has 7 heteroatoms. The number of hydrogen-bond donors (Lipinski definition) is 1. The Labute approximate surface area is 170 Å². The predicted molar refractivity (Wildman–Crippen MR) is 108 cm³/mol. The van der Waals surface area contributed by atoms with E-state index < -0.39 is 17.5 Å². The lowest BCUT2D eigenvalue weighted by molar-refractivity contribution is 0.102. The van der Waals surface area contributed by atoms with Gasteiger partial charge in [-0.25, -0.2) is 13.5 Å². The topological polar surface area (TPSA) is 46.9 Å². The zero-order chi connectivity index (χ0) is 20.4. The van der Waals surface area contributed by atoms with E-state index in [1.165, 1.54) is 10.7 Å². The summed E-state index contributed by atoms with van der Waals surface area (Å²) in [5, 5.41) is 7.72. The molecule has 0 aliphatic rings. The second-order valence-electron chi connectivity index (χ2n) is 6.23. The van der Waals surface area contributed by atoms with Crippen molar-refractivity contribution in [2.45, 2.75) is 0 Å². The van der Waals surface area contributed by atoms with Crippen LogP contribution < -0.4 is 5.32 Å². The molecule has 1 amide bonds. The Morgan fingerprint density at radius 1 is 0.897 bits per heavy atom. The fourth-order valence-corrected chi connectivity index (χ4v) is 3.07. The maximum absolute atomic E-state index is 13.5. The van der Waals surface area contributed by atoms with Crippen molar-refractivity contribution in [1.82, 2.24) is 9.78 Å². The molecule has 3 aromatic carbocycles. The number of amides is 1. The molecule has 0 aliphatic heterocycles. The maximum atomic E-state index is 13.5. The van der Waals surface area contributed by atoms with E-state index in [2.05, 4.69) is 10.4 Å². The van der Waals surface area contributed by atoms with E-state index in [4.69, 9.17) is 11.6 Å². The third kappa shape index (κ3) is 3.88. The van der Waals surface area contributed by atoms with E-state index in [1.807, 2.05) is 30.3 Å². The average molecular weight is 410 g/mol. The number of nitrogens with one attached hydrogen (secondary N) is 1. The van der Waals surface area contributed by atoms with Crippen molar-refractivity contribution in [2.75, 3.05) is 5.32 Å². The van der Waals surface area contributed by atoms with Gasteiger partial charge in [-0.1, -0.05) is 54.1 Å². The smallest absolute Gasteiger partial charge is 0.256 e. The van der Waals surface area contributed by atoms with Gasteiger partial charge in [0, 0.05) is 17.2 Å². The lowest BCUT2D eigenvalue weighted by Gasteiger charge is -2.10. The van der Waals surface area contributed by atoms with Gasteiger partial charge in [0.15, 0.2) is 11.6 Å². The van der Waals surface area contributed by atoms with E-state index >= 15 is 0 Å². The molecule has 1 heterocycles. The van der Waals surface area contributed by atoms with Gasteiger partial charge >= 0.3 is 0 Å². The van der Waals surface area contributed by atoms with Crippen LogP contribution in [0.25, 0.3) is 16.9 Å².